The van der Waals surface area contributed by atoms with Gasteiger partial charge in [0.05, 0.1) is 5.56 Å². The van der Waals surface area contributed by atoms with Gasteiger partial charge in [0, 0.05) is 6.04 Å². The second-order valence-electron chi connectivity index (χ2n) is 6.05. The van der Waals surface area contributed by atoms with Crippen LogP contribution >= 0.6 is 0 Å². The number of alkyl halides is 3. The average molecular weight is 351 g/mol. The summed E-state index contributed by atoms with van der Waals surface area (Å²) in [5, 5.41) is 12.4. The van der Waals surface area contributed by atoms with Gasteiger partial charge in [0.2, 0.25) is 0 Å². The molecule has 0 spiro atoms. The average Bonchev–Trinajstić information content (AvgIpc) is 2.54. The maximum absolute atomic E-state index is 12.6. The van der Waals surface area contributed by atoms with Gasteiger partial charge in [-0.25, -0.2) is 0 Å². The lowest BCUT2D eigenvalue weighted by atomic mass is 10.0. The van der Waals surface area contributed by atoms with Crippen molar-refractivity contribution in [3.63, 3.8) is 0 Å². The van der Waals surface area contributed by atoms with Crippen LogP contribution in [-0.2, 0) is 23.8 Å². The van der Waals surface area contributed by atoms with E-state index in [2.05, 4.69) is 5.32 Å². The zero-order valence-electron chi connectivity index (χ0n) is 13.8. The van der Waals surface area contributed by atoms with E-state index in [0.29, 0.717) is 12.8 Å². The SMILES string of the molecule is CC(Cc1ccc(C(F)(F)F)cc1)N[C@H](Cc1ccccc1)C(=O)O. The lowest BCUT2D eigenvalue weighted by Gasteiger charge is -2.20. The molecule has 0 aliphatic rings. The van der Waals surface area contributed by atoms with Gasteiger partial charge in [-0.05, 0) is 43.0 Å². The maximum atomic E-state index is 12.6. The first-order valence-electron chi connectivity index (χ1n) is 7.94. The van der Waals surface area contributed by atoms with Gasteiger partial charge in [-0.3, -0.25) is 4.79 Å². The molecule has 2 N–H and O–H groups in total. The van der Waals surface area contributed by atoms with Crippen molar-refractivity contribution in [2.75, 3.05) is 0 Å². The van der Waals surface area contributed by atoms with Gasteiger partial charge in [-0.2, -0.15) is 13.2 Å². The second-order valence-corrected chi connectivity index (χ2v) is 6.05. The highest BCUT2D eigenvalue weighted by Crippen LogP contribution is 2.29. The van der Waals surface area contributed by atoms with E-state index >= 15 is 0 Å². The van der Waals surface area contributed by atoms with E-state index in [9.17, 15) is 23.1 Å². The summed E-state index contributed by atoms with van der Waals surface area (Å²) in [5.41, 5.74) is 0.935. The Labute approximate surface area is 144 Å². The van der Waals surface area contributed by atoms with Crippen molar-refractivity contribution in [2.45, 2.75) is 38.0 Å². The smallest absolute Gasteiger partial charge is 0.416 e. The van der Waals surface area contributed by atoms with Crippen LogP contribution in [0.15, 0.2) is 54.6 Å². The molecular formula is C19H20F3NO2. The van der Waals surface area contributed by atoms with Crippen molar-refractivity contribution in [2.24, 2.45) is 0 Å². The minimum absolute atomic E-state index is 0.193. The summed E-state index contributed by atoms with van der Waals surface area (Å²) in [6.45, 7) is 1.82. The lowest BCUT2D eigenvalue weighted by Crippen LogP contribution is -2.44. The van der Waals surface area contributed by atoms with Crippen molar-refractivity contribution in [1.82, 2.24) is 5.32 Å². The number of rotatable bonds is 7. The monoisotopic (exact) mass is 351 g/mol. The Morgan fingerprint density at radius 2 is 1.56 bits per heavy atom. The molecule has 0 fully saturated rings. The van der Waals surface area contributed by atoms with Crippen molar-refractivity contribution in [3.05, 3.63) is 71.3 Å². The Bertz CT molecular complexity index is 684. The Hall–Kier alpha value is -2.34. The molecule has 3 nitrogen and oxygen atoms in total. The molecule has 0 heterocycles. The fourth-order valence-electron chi connectivity index (χ4n) is 2.65. The molecule has 2 aromatic rings. The van der Waals surface area contributed by atoms with Crippen LogP contribution in [0, 0.1) is 0 Å². The van der Waals surface area contributed by atoms with Crippen LogP contribution in [0.2, 0.25) is 0 Å². The Balaban J connectivity index is 1.97. The number of carboxylic acids is 1. The fourth-order valence-corrected chi connectivity index (χ4v) is 2.65. The van der Waals surface area contributed by atoms with Crippen LogP contribution in [0.4, 0.5) is 13.2 Å². The molecule has 0 radical (unpaired) electrons. The minimum atomic E-state index is -4.35. The first-order valence-corrected chi connectivity index (χ1v) is 7.94. The highest BCUT2D eigenvalue weighted by Gasteiger charge is 2.30. The third-order valence-corrected chi connectivity index (χ3v) is 3.89. The number of hydrogen-bond donors (Lipinski definition) is 2. The van der Waals surface area contributed by atoms with Gasteiger partial charge in [-0.1, -0.05) is 42.5 Å². The Morgan fingerprint density at radius 3 is 2.08 bits per heavy atom. The van der Waals surface area contributed by atoms with Gasteiger partial charge in [-0.15, -0.1) is 0 Å². The standard InChI is InChI=1S/C19H20F3NO2/c1-13(11-15-7-9-16(10-8-15)19(20,21)22)23-17(18(24)25)12-14-5-3-2-4-6-14/h2-10,13,17,23H,11-12H2,1H3,(H,24,25)/t13?,17-/m1/s1. The van der Waals surface area contributed by atoms with E-state index in [1.54, 1.807) is 0 Å². The van der Waals surface area contributed by atoms with E-state index in [-0.39, 0.29) is 6.04 Å². The van der Waals surface area contributed by atoms with Gasteiger partial charge in [0.15, 0.2) is 0 Å². The highest BCUT2D eigenvalue weighted by atomic mass is 19.4. The third kappa shape index (κ3) is 5.90. The number of benzene rings is 2. The van der Waals surface area contributed by atoms with E-state index in [1.807, 2.05) is 37.3 Å². The number of carbonyl (C=O) groups is 1. The summed E-state index contributed by atoms with van der Waals surface area (Å²) in [6, 6.07) is 13.3. The van der Waals surface area contributed by atoms with Crippen LogP contribution in [0.1, 0.15) is 23.6 Å². The molecular weight excluding hydrogens is 331 g/mol. The molecule has 134 valence electrons. The van der Waals surface area contributed by atoms with Crippen LogP contribution < -0.4 is 5.32 Å². The summed E-state index contributed by atoms with van der Waals surface area (Å²) >= 11 is 0. The normalized spacial score (nSPS) is 14.1. The number of halogens is 3. The zero-order chi connectivity index (χ0) is 18.4. The van der Waals surface area contributed by atoms with Crippen molar-refractivity contribution in [3.8, 4) is 0 Å². The van der Waals surface area contributed by atoms with Crippen LogP contribution in [0.3, 0.4) is 0 Å². The first kappa shape index (κ1) is 19.0. The lowest BCUT2D eigenvalue weighted by molar-refractivity contribution is -0.140. The highest BCUT2D eigenvalue weighted by molar-refractivity contribution is 5.74. The molecule has 1 unspecified atom stereocenters. The van der Waals surface area contributed by atoms with E-state index in [1.165, 1.54) is 12.1 Å². The van der Waals surface area contributed by atoms with Gasteiger partial charge in [0.25, 0.3) is 0 Å². The molecule has 0 amide bonds. The number of nitrogens with one attached hydrogen (secondary N) is 1. The fraction of sp³-hybridized carbons (Fsp3) is 0.316. The molecule has 0 aliphatic heterocycles. The van der Waals surface area contributed by atoms with Gasteiger partial charge < -0.3 is 10.4 Å². The Morgan fingerprint density at radius 1 is 1.00 bits per heavy atom. The summed E-state index contributed by atoms with van der Waals surface area (Å²) < 4.78 is 37.7. The summed E-state index contributed by atoms with van der Waals surface area (Å²) in [7, 11) is 0. The summed E-state index contributed by atoms with van der Waals surface area (Å²) in [4.78, 5) is 11.5. The molecule has 0 saturated heterocycles. The number of carboxylic acid groups (broad SMARTS) is 1. The van der Waals surface area contributed by atoms with E-state index in [4.69, 9.17) is 0 Å². The number of hydrogen-bond acceptors (Lipinski definition) is 2. The molecule has 0 saturated carbocycles. The van der Waals surface area contributed by atoms with Crippen LogP contribution in [0.5, 0.6) is 0 Å². The largest absolute Gasteiger partial charge is 0.480 e. The van der Waals surface area contributed by atoms with E-state index < -0.39 is 23.8 Å². The van der Waals surface area contributed by atoms with E-state index in [0.717, 1.165) is 23.3 Å². The number of aliphatic carboxylic acids is 1. The first-order chi connectivity index (χ1) is 11.8. The molecule has 0 aliphatic carbocycles. The quantitative estimate of drug-likeness (QED) is 0.795. The molecule has 25 heavy (non-hydrogen) atoms. The predicted octanol–water partition coefficient (Wildman–Crippen LogP) is 3.92. The summed E-state index contributed by atoms with van der Waals surface area (Å²) in [5.74, 6) is -0.955. The van der Waals surface area contributed by atoms with Crippen LogP contribution in [0.25, 0.3) is 0 Å². The minimum Gasteiger partial charge on any atom is -0.480 e. The van der Waals surface area contributed by atoms with Gasteiger partial charge in [0.1, 0.15) is 6.04 Å². The molecule has 6 heteroatoms. The molecule has 2 rings (SSSR count). The molecule has 0 bridgehead atoms. The van der Waals surface area contributed by atoms with Gasteiger partial charge >= 0.3 is 12.1 Å². The molecule has 2 aromatic carbocycles. The maximum Gasteiger partial charge on any atom is 0.416 e. The van der Waals surface area contributed by atoms with Crippen molar-refractivity contribution >= 4 is 5.97 Å². The van der Waals surface area contributed by atoms with Crippen molar-refractivity contribution < 1.29 is 23.1 Å². The second kappa shape index (κ2) is 8.16. The van der Waals surface area contributed by atoms with Crippen molar-refractivity contribution in [1.29, 1.82) is 0 Å². The molecule has 2 atom stereocenters. The molecule has 0 aromatic heterocycles. The zero-order valence-corrected chi connectivity index (χ0v) is 13.8. The Kier molecular flexibility index (Phi) is 6.20. The predicted molar refractivity (Wildman–Crippen MR) is 89.3 cm³/mol. The summed E-state index contributed by atoms with van der Waals surface area (Å²) in [6.07, 6.45) is -3.57. The van der Waals surface area contributed by atoms with Crippen LogP contribution in [-0.4, -0.2) is 23.2 Å². The third-order valence-electron chi connectivity index (χ3n) is 3.89. The topological polar surface area (TPSA) is 49.3 Å².